The van der Waals surface area contributed by atoms with Crippen molar-refractivity contribution in [1.29, 1.82) is 0 Å². The van der Waals surface area contributed by atoms with Gasteiger partial charge in [0.15, 0.2) is 0 Å². The van der Waals surface area contributed by atoms with Gasteiger partial charge in [-0.3, -0.25) is 0 Å². The van der Waals surface area contributed by atoms with Gasteiger partial charge in [0.1, 0.15) is 5.82 Å². The molecule has 0 aromatic carbocycles. The minimum absolute atomic E-state index is 0.699. The monoisotopic (exact) mass is 227 g/mol. The van der Waals surface area contributed by atoms with Gasteiger partial charge in [0.25, 0.3) is 0 Å². The van der Waals surface area contributed by atoms with Gasteiger partial charge in [0.2, 0.25) is 0 Å². The fourth-order valence-corrected chi connectivity index (χ4v) is 1.73. The molecule has 3 nitrogen and oxygen atoms in total. The van der Waals surface area contributed by atoms with E-state index in [0.717, 1.165) is 31.7 Å². The summed E-state index contributed by atoms with van der Waals surface area (Å²) < 4.78 is 0. The van der Waals surface area contributed by atoms with Crippen molar-refractivity contribution in [2.75, 3.05) is 24.5 Å². The SMILES string of the molecule is CCCN(CCCN)c1ncccc1Cl. The van der Waals surface area contributed by atoms with Crippen LogP contribution in [0.4, 0.5) is 5.82 Å². The zero-order valence-electron chi connectivity index (χ0n) is 9.12. The Kier molecular flexibility index (Phi) is 5.43. The highest BCUT2D eigenvalue weighted by Crippen LogP contribution is 2.22. The number of hydrogen-bond donors (Lipinski definition) is 1. The second-order valence-corrected chi connectivity index (χ2v) is 3.85. The fourth-order valence-electron chi connectivity index (χ4n) is 1.49. The van der Waals surface area contributed by atoms with Crippen molar-refractivity contribution in [3.8, 4) is 0 Å². The van der Waals surface area contributed by atoms with Gasteiger partial charge in [-0.25, -0.2) is 4.98 Å². The highest BCUT2D eigenvalue weighted by Gasteiger charge is 2.09. The molecule has 1 aromatic heterocycles. The predicted octanol–water partition coefficient (Wildman–Crippen LogP) is 2.30. The van der Waals surface area contributed by atoms with Crippen molar-refractivity contribution in [1.82, 2.24) is 4.98 Å². The summed E-state index contributed by atoms with van der Waals surface area (Å²) in [6, 6.07) is 3.72. The molecule has 0 saturated heterocycles. The second-order valence-electron chi connectivity index (χ2n) is 3.44. The number of rotatable bonds is 6. The van der Waals surface area contributed by atoms with Crippen LogP contribution in [0, 0.1) is 0 Å². The van der Waals surface area contributed by atoms with E-state index in [0.29, 0.717) is 11.6 Å². The summed E-state index contributed by atoms with van der Waals surface area (Å²) in [7, 11) is 0. The summed E-state index contributed by atoms with van der Waals surface area (Å²) >= 11 is 6.10. The third-order valence-corrected chi connectivity index (χ3v) is 2.46. The lowest BCUT2D eigenvalue weighted by Gasteiger charge is -2.23. The van der Waals surface area contributed by atoms with Crippen molar-refractivity contribution in [2.45, 2.75) is 19.8 Å². The maximum atomic E-state index is 6.10. The van der Waals surface area contributed by atoms with Crippen LogP contribution in [0.15, 0.2) is 18.3 Å². The molecule has 0 unspecified atom stereocenters. The number of nitrogens with zero attached hydrogens (tertiary/aromatic N) is 2. The highest BCUT2D eigenvalue weighted by atomic mass is 35.5. The van der Waals surface area contributed by atoms with E-state index in [-0.39, 0.29) is 0 Å². The van der Waals surface area contributed by atoms with Crippen molar-refractivity contribution in [2.24, 2.45) is 5.73 Å². The standard InChI is InChI=1S/C11H18ClN3/c1-2-8-15(9-4-6-13)11-10(12)5-3-7-14-11/h3,5,7H,2,4,6,8-9,13H2,1H3. The Labute approximate surface area is 96.2 Å². The lowest BCUT2D eigenvalue weighted by atomic mass is 10.3. The number of aromatic nitrogens is 1. The number of nitrogens with two attached hydrogens (primary N) is 1. The van der Waals surface area contributed by atoms with E-state index in [2.05, 4.69) is 16.8 Å². The van der Waals surface area contributed by atoms with Gasteiger partial charge in [-0.2, -0.15) is 0 Å². The smallest absolute Gasteiger partial charge is 0.147 e. The quantitative estimate of drug-likeness (QED) is 0.811. The summed E-state index contributed by atoms with van der Waals surface area (Å²) in [6.45, 7) is 4.73. The largest absolute Gasteiger partial charge is 0.355 e. The topological polar surface area (TPSA) is 42.1 Å². The average Bonchev–Trinajstić information content (AvgIpc) is 2.25. The van der Waals surface area contributed by atoms with Gasteiger partial charge < -0.3 is 10.6 Å². The van der Waals surface area contributed by atoms with E-state index in [4.69, 9.17) is 17.3 Å². The van der Waals surface area contributed by atoms with Gasteiger partial charge in [-0.05, 0) is 31.5 Å². The number of halogens is 1. The molecule has 15 heavy (non-hydrogen) atoms. The molecule has 0 fully saturated rings. The van der Waals surface area contributed by atoms with Crippen LogP contribution in [-0.2, 0) is 0 Å². The minimum Gasteiger partial charge on any atom is -0.355 e. The molecule has 1 rings (SSSR count). The van der Waals surface area contributed by atoms with Crippen LogP contribution in [0.1, 0.15) is 19.8 Å². The summed E-state index contributed by atoms with van der Waals surface area (Å²) in [5.74, 6) is 0.870. The normalized spacial score (nSPS) is 10.3. The van der Waals surface area contributed by atoms with Gasteiger partial charge in [-0.15, -0.1) is 0 Å². The number of anilines is 1. The Hall–Kier alpha value is -0.800. The molecule has 1 heterocycles. The maximum Gasteiger partial charge on any atom is 0.147 e. The summed E-state index contributed by atoms with van der Waals surface area (Å²) in [5.41, 5.74) is 5.51. The molecule has 0 bridgehead atoms. The molecular weight excluding hydrogens is 210 g/mol. The van der Waals surface area contributed by atoms with Gasteiger partial charge in [0.05, 0.1) is 5.02 Å². The van der Waals surface area contributed by atoms with Crippen molar-refractivity contribution >= 4 is 17.4 Å². The summed E-state index contributed by atoms with van der Waals surface area (Å²) in [6.07, 6.45) is 3.82. The first-order valence-corrected chi connectivity index (χ1v) is 5.73. The Balaban J connectivity index is 2.74. The van der Waals surface area contributed by atoms with E-state index < -0.39 is 0 Å². The molecule has 0 aliphatic carbocycles. The Morgan fingerprint density at radius 3 is 2.87 bits per heavy atom. The Bertz CT molecular complexity index is 291. The minimum atomic E-state index is 0.699. The van der Waals surface area contributed by atoms with Crippen LogP contribution < -0.4 is 10.6 Å². The molecule has 0 saturated carbocycles. The predicted molar refractivity (Wildman–Crippen MR) is 65.4 cm³/mol. The number of hydrogen-bond acceptors (Lipinski definition) is 3. The van der Waals surface area contributed by atoms with Crippen molar-refractivity contribution in [3.63, 3.8) is 0 Å². The zero-order chi connectivity index (χ0) is 11.1. The first kappa shape index (κ1) is 12.3. The van der Waals surface area contributed by atoms with Crippen LogP contribution in [0.3, 0.4) is 0 Å². The van der Waals surface area contributed by atoms with Gasteiger partial charge in [0, 0.05) is 19.3 Å². The number of pyridine rings is 1. The molecule has 1 aromatic rings. The molecular formula is C11H18ClN3. The van der Waals surface area contributed by atoms with Gasteiger partial charge in [-0.1, -0.05) is 18.5 Å². The van der Waals surface area contributed by atoms with Crippen LogP contribution in [0.25, 0.3) is 0 Å². The first-order valence-electron chi connectivity index (χ1n) is 5.35. The average molecular weight is 228 g/mol. The van der Waals surface area contributed by atoms with Crippen LogP contribution in [-0.4, -0.2) is 24.6 Å². The lowest BCUT2D eigenvalue weighted by molar-refractivity contribution is 0.712. The van der Waals surface area contributed by atoms with Crippen LogP contribution >= 0.6 is 11.6 Å². The van der Waals surface area contributed by atoms with E-state index in [1.807, 2.05) is 12.1 Å². The fraction of sp³-hybridized carbons (Fsp3) is 0.545. The van der Waals surface area contributed by atoms with Gasteiger partial charge >= 0.3 is 0 Å². The summed E-state index contributed by atoms with van der Waals surface area (Å²) in [5, 5.41) is 0.711. The lowest BCUT2D eigenvalue weighted by Crippen LogP contribution is -2.27. The molecule has 2 N–H and O–H groups in total. The van der Waals surface area contributed by atoms with E-state index in [9.17, 15) is 0 Å². The maximum absolute atomic E-state index is 6.10. The van der Waals surface area contributed by atoms with E-state index in [1.54, 1.807) is 6.20 Å². The molecule has 4 heteroatoms. The molecule has 0 atom stereocenters. The van der Waals surface area contributed by atoms with Crippen molar-refractivity contribution < 1.29 is 0 Å². The summed E-state index contributed by atoms with van der Waals surface area (Å²) in [4.78, 5) is 6.49. The zero-order valence-corrected chi connectivity index (χ0v) is 9.87. The molecule has 0 spiro atoms. The molecule has 0 amide bonds. The molecule has 0 aliphatic rings. The van der Waals surface area contributed by atoms with Crippen LogP contribution in [0.5, 0.6) is 0 Å². The Morgan fingerprint density at radius 2 is 2.27 bits per heavy atom. The van der Waals surface area contributed by atoms with Crippen molar-refractivity contribution in [3.05, 3.63) is 23.4 Å². The second kappa shape index (κ2) is 6.64. The molecule has 0 radical (unpaired) electrons. The highest BCUT2D eigenvalue weighted by molar-refractivity contribution is 6.32. The molecule has 0 aliphatic heterocycles. The third kappa shape index (κ3) is 3.68. The third-order valence-electron chi connectivity index (χ3n) is 2.16. The Morgan fingerprint density at radius 1 is 1.47 bits per heavy atom. The van der Waals surface area contributed by atoms with E-state index >= 15 is 0 Å². The first-order chi connectivity index (χ1) is 7.29. The molecule has 84 valence electrons. The van der Waals surface area contributed by atoms with Crippen LogP contribution in [0.2, 0.25) is 5.02 Å². The van der Waals surface area contributed by atoms with E-state index in [1.165, 1.54) is 0 Å².